The van der Waals surface area contributed by atoms with Gasteiger partial charge in [-0.1, -0.05) is 23.9 Å². The van der Waals surface area contributed by atoms with E-state index in [2.05, 4.69) is 0 Å². The molecular weight excluding hydrogens is 360 g/mol. The Hall–Kier alpha value is -2.91. The number of hydrogen-bond acceptors (Lipinski definition) is 7. The number of carbonyl (C=O) groups excluding carboxylic acids is 2. The predicted octanol–water partition coefficient (Wildman–Crippen LogP) is 0.241. The number of benzene rings is 2. The Labute approximate surface area is 152 Å². The molecule has 0 aliphatic carbocycles. The Morgan fingerprint density at radius 2 is 1.92 bits per heavy atom. The van der Waals surface area contributed by atoms with Crippen molar-refractivity contribution in [3.63, 3.8) is 0 Å². The number of carboxylic acid groups (broad SMARTS) is 1. The first-order valence-electron chi connectivity index (χ1n) is 7.68. The fourth-order valence-corrected chi connectivity index (χ4v) is 3.83. The highest BCUT2D eigenvalue weighted by Gasteiger charge is 2.31. The Kier molecular flexibility index (Phi) is 5.19. The number of ether oxygens (including phenoxy) is 1. The van der Waals surface area contributed by atoms with Gasteiger partial charge in [-0.15, -0.1) is 0 Å². The number of quaternary nitrogens is 1. The third-order valence-electron chi connectivity index (χ3n) is 3.88. The second kappa shape index (κ2) is 7.54. The van der Waals surface area contributed by atoms with E-state index in [1.807, 2.05) is 6.07 Å². The van der Waals surface area contributed by atoms with Crippen LogP contribution in [0, 0.1) is 10.1 Å². The molecule has 1 heterocycles. The lowest BCUT2D eigenvalue weighted by Crippen LogP contribution is -2.90. The van der Waals surface area contributed by atoms with Crippen molar-refractivity contribution in [3.8, 4) is 5.75 Å². The Bertz CT molecular complexity index is 855. The average molecular weight is 374 g/mol. The predicted molar refractivity (Wildman–Crippen MR) is 90.4 cm³/mol. The summed E-state index contributed by atoms with van der Waals surface area (Å²) in [5.41, 5.74) is 0.910. The lowest BCUT2D eigenvalue weighted by Gasteiger charge is -2.12. The number of esters is 1. The summed E-state index contributed by atoms with van der Waals surface area (Å²) >= 11 is 1.48. The van der Waals surface area contributed by atoms with Crippen LogP contribution in [0.5, 0.6) is 5.75 Å². The molecule has 26 heavy (non-hydrogen) atoms. The number of nitrogens with two attached hydrogens (primary N) is 1. The van der Waals surface area contributed by atoms with Gasteiger partial charge in [0.1, 0.15) is 17.8 Å². The van der Waals surface area contributed by atoms with Crippen molar-refractivity contribution in [1.82, 2.24) is 0 Å². The molecule has 1 saturated heterocycles. The second-order valence-electron chi connectivity index (χ2n) is 5.64. The highest BCUT2D eigenvalue weighted by Crippen LogP contribution is 2.29. The lowest BCUT2D eigenvalue weighted by molar-refractivity contribution is -0.690. The zero-order chi connectivity index (χ0) is 18.7. The molecule has 9 heteroatoms. The molecule has 134 valence electrons. The summed E-state index contributed by atoms with van der Waals surface area (Å²) in [5, 5.41) is 23.2. The van der Waals surface area contributed by atoms with Crippen molar-refractivity contribution in [1.29, 1.82) is 0 Å². The van der Waals surface area contributed by atoms with Crippen LogP contribution in [0.15, 0.2) is 48.5 Å². The van der Waals surface area contributed by atoms with Crippen molar-refractivity contribution in [2.24, 2.45) is 0 Å². The van der Waals surface area contributed by atoms with E-state index in [9.17, 15) is 24.8 Å². The van der Waals surface area contributed by atoms with E-state index in [0.29, 0.717) is 11.5 Å². The topological polar surface area (TPSA) is 126 Å². The average Bonchev–Trinajstić information content (AvgIpc) is 3.12. The number of nitrogens with zero attached hydrogens (tertiary/aromatic N) is 1. The molecule has 2 aromatic carbocycles. The molecule has 2 atom stereocenters. The molecule has 0 spiro atoms. The minimum Gasteiger partial charge on any atom is -0.544 e. The van der Waals surface area contributed by atoms with Crippen molar-refractivity contribution in [2.75, 3.05) is 5.75 Å². The molecule has 0 aromatic heterocycles. The van der Waals surface area contributed by atoms with Crippen LogP contribution in [0.4, 0.5) is 5.69 Å². The molecule has 0 bridgehead atoms. The second-order valence-corrected chi connectivity index (χ2v) is 6.81. The molecule has 0 saturated carbocycles. The highest BCUT2D eigenvalue weighted by molar-refractivity contribution is 7.99. The van der Waals surface area contributed by atoms with Crippen molar-refractivity contribution in [2.45, 2.75) is 11.4 Å². The summed E-state index contributed by atoms with van der Waals surface area (Å²) in [4.78, 5) is 33.2. The first-order chi connectivity index (χ1) is 12.4. The largest absolute Gasteiger partial charge is 0.544 e. The van der Waals surface area contributed by atoms with Gasteiger partial charge >= 0.3 is 5.97 Å². The molecule has 1 fully saturated rings. The number of aliphatic carboxylic acids is 1. The molecule has 8 nitrogen and oxygen atoms in total. The highest BCUT2D eigenvalue weighted by atomic mass is 32.2. The summed E-state index contributed by atoms with van der Waals surface area (Å²) in [6, 6.07) is 11.4. The standard InChI is InChI=1S/C17H14N2O6S/c20-16(21)14-9-26-15(18-14)11-2-1-3-13(8-11)25-17(22)10-4-6-12(7-5-10)19(23)24/h1-8,14-15,18H,9H2,(H,20,21)/t14-,15-/m1/s1. The van der Waals surface area contributed by atoms with Crippen molar-refractivity contribution < 1.29 is 29.7 Å². The van der Waals surface area contributed by atoms with E-state index in [0.717, 1.165) is 5.56 Å². The SMILES string of the molecule is O=C(Oc1cccc([C@@H]2[NH2+][C@@H](C(=O)[O-])CS2)c1)c1ccc([N+](=O)[O-])cc1. The van der Waals surface area contributed by atoms with E-state index in [1.54, 1.807) is 23.5 Å². The van der Waals surface area contributed by atoms with Gasteiger partial charge in [-0.2, -0.15) is 0 Å². The first-order valence-corrected chi connectivity index (χ1v) is 8.73. The van der Waals surface area contributed by atoms with Crippen LogP contribution in [-0.2, 0) is 4.79 Å². The van der Waals surface area contributed by atoms with Gasteiger partial charge in [0.2, 0.25) is 0 Å². The van der Waals surface area contributed by atoms with Crippen LogP contribution >= 0.6 is 11.8 Å². The van der Waals surface area contributed by atoms with Gasteiger partial charge < -0.3 is 20.0 Å². The molecule has 0 radical (unpaired) electrons. The third kappa shape index (κ3) is 4.01. The molecule has 1 aliphatic rings. The number of carbonyl (C=O) groups is 2. The minimum atomic E-state index is -1.10. The van der Waals surface area contributed by atoms with Gasteiger partial charge in [-0.05, 0) is 24.3 Å². The first kappa shape index (κ1) is 17.9. The van der Waals surface area contributed by atoms with Crippen LogP contribution in [0.3, 0.4) is 0 Å². The quantitative estimate of drug-likeness (QED) is 0.344. The maximum atomic E-state index is 12.2. The molecule has 2 N–H and O–H groups in total. The van der Waals surface area contributed by atoms with E-state index < -0.39 is 22.9 Å². The number of carboxylic acids is 1. The molecular formula is C17H14N2O6S. The van der Waals surface area contributed by atoms with Crippen molar-refractivity contribution in [3.05, 3.63) is 69.8 Å². The normalized spacial score (nSPS) is 19.1. The van der Waals surface area contributed by atoms with Gasteiger partial charge in [-0.25, -0.2) is 4.79 Å². The zero-order valence-corrected chi connectivity index (χ0v) is 14.2. The van der Waals surface area contributed by atoms with E-state index >= 15 is 0 Å². The lowest BCUT2D eigenvalue weighted by atomic mass is 10.2. The van der Waals surface area contributed by atoms with E-state index in [1.165, 1.54) is 36.0 Å². The van der Waals surface area contributed by atoms with Crippen LogP contribution in [0.2, 0.25) is 0 Å². The van der Waals surface area contributed by atoms with Crippen molar-refractivity contribution >= 4 is 29.4 Å². The third-order valence-corrected chi connectivity index (χ3v) is 5.22. The molecule has 1 aliphatic heterocycles. The molecule has 0 unspecified atom stereocenters. The monoisotopic (exact) mass is 374 g/mol. The van der Waals surface area contributed by atoms with Crippen LogP contribution in [0.25, 0.3) is 0 Å². The van der Waals surface area contributed by atoms with Crippen LogP contribution in [-0.4, -0.2) is 28.7 Å². The molecule has 2 aromatic rings. The summed E-state index contributed by atoms with van der Waals surface area (Å²) in [5.74, 6) is -0.968. The zero-order valence-electron chi connectivity index (χ0n) is 13.4. The fourth-order valence-electron chi connectivity index (χ4n) is 2.52. The smallest absolute Gasteiger partial charge is 0.343 e. The van der Waals surface area contributed by atoms with Gasteiger partial charge in [0.15, 0.2) is 5.37 Å². The summed E-state index contributed by atoms with van der Waals surface area (Å²) in [6.07, 6.45) is 0. The number of nitro benzene ring substituents is 1. The van der Waals surface area contributed by atoms with Crippen LogP contribution in [0.1, 0.15) is 21.3 Å². The summed E-state index contributed by atoms with van der Waals surface area (Å²) in [6.45, 7) is 0. The minimum absolute atomic E-state index is 0.111. The number of nitro groups is 1. The number of rotatable bonds is 5. The number of thioether (sulfide) groups is 1. The van der Waals surface area contributed by atoms with Gasteiger partial charge in [0.05, 0.1) is 16.2 Å². The molecule has 3 rings (SSSR count). The number of hydrogen-bond donors (Lipinski definition) is 1. The maximum absolute atomic E-state index is 12.2. The Morgan fingerprint density at radius 1 is 1.19 bits per heavy atom. The van der Waals surface area contributed by atoms with Gasteiger partial charge in [-0.3, -0.25) is 10.1 Å². The van der Waals surface area contributed by atoms with Gasteiger partial charge in [0.25, 0.3) is 5.69 Å². The summed E-state index contributed by atoms with van der Waals surface area (Å²) < 4.78 is 5.31. The number of non-ortho nitro benzene ring substituents is 1. The van der Waals surface area contributed by atoms with Crippen LogP contribution < -0.4 is 15.2 Å². The Morgan fingerprint density at radius 3 is 2.54 bits per heavy atom. The fraction of sp³-hybridized carbons (Fsp3) is 0.176. The van der Waals surface area contributed by atoms with E-state index in [4.69, 9.17) is 4.74 Å². The van der Waals surface area contributed by atoms with E-state index in [-0.39, 0.29) is 16.6 Å². The van der Waals surface area contributed by atoms with Gasteiger partial charge in [0, 0.05) is 17.7 Å². The maximum Gasteiger partial charge on any atom is 0.343 e. The summed E-state index contributed by atoms with van der Waals surface area (Å²) in [7, 11) is 0. The Balaban J connectivity index is 1.69. The molecule has 0 amide bonds.